The van der Waals surface area contributed by atoms with Crippen molar-refractivity contribution in [3.8, 4) is 5.75 Å². The Hall–Kier alpha value is -3.49. The standard InChI is InChI=1S/C16H13FN2O6/c17-10-3-1-2-9(6-10)4-5-18-15(21)11-8-14(20)12(16(22)23)7-13(11)19(24)25/h1-3,6-8,20H,4-5H2,(H,18,21)(H,22,23). The summed E-state index contributed by atoms with van der Waals surface area (Å²) in [4.78, 5) is 33.2. The van der Waals surface area contributed by atoms with Crippen LogP contribution in [-0.4, -0.2) is 33.6 Å². The minimum Gasteiger partial charge on any atom is -0.507 e. The summed E-state index contributed by atoms with van der Waals surface area (Å²) in [5, 5.41) is 32.0. The number of nitrogens with one attached hydrogen (secondary N) is 1. The van der Waals surface area contributed by atoms with Crippen molar-refractivity contribution in [3.63, 3.8) is 0 Å². The number of hydrogen-bond donors (Lipinski definition) is 3. The van der Waals surface area contributed by atoms with E-state index in [1.54, 1.807) is 6.07 Å². The smallest absolute Gasteiger partial charge is 0.339 e. The van der Waals surface area contributed by atoms with Crippen molar-refractivity contribution in [3.05, 3.63) is 69.0 Å². The highest BCUT2D eigenvalue weighted by atomic mass is 19.1. The van der Waals surface area contributed by atoms with E-state index in [9.17, 15) is 29.2 Å². The Morgan fingerprint density at radius 3 is 2.52 bits per heavy atom. The summed E-state index contributed by atoms with van der Waals surface area (Å²) in [5.74, 6) is -3.59. The van der Waals surface area contributed by atoms with Crippen molar-refractivity contribution in [1.29, 1.82) is 0 Å². The molecule has 0 saturated heterocycles. The molecule has 0 aliphatic heterocycles. The molecule has 3 N–H and O–H groups in total. The molecule has 0 fully saturated rings. The summed E-state index contributed by atoms with van der Waals surface area (Å²) in [5.41, 5.74) is -1.26. The monoisotopic (exact) mass is 348 g/mol. The zero-order valence-corrected chi connectivity index (χ0v) is 12.7. The molecule has 0 saturated carbocycles. The van der Waals surface area contributed by atoms with Crippen LogP contribution in [0, 0.1) is 15.9 Å². The molecule has 1 amide bonds. The largest absolute Gasteiger partial charge is 0.507 e. The second-order valence-corrected chi connectivity index (χ2v) is 5.08. The number of halogens is 1. The van der Waals surface area contributed by atoms with Crippen molar-refractivity contribution >= 4 is 17.6 Å². The van der Waals surface area contributed by atoms with Crippen LogP contribution in [-0.2, 0) is 6.42 Å². The van der Waals surface area contributed by atoms with Crippen LogP contribution < -0.4 is 5.32 Å². The van der Waals surface area contributed by atoms with Crippen LogP contribution in [0.5, 0.6) is 5.75 Å². The van der Waals surface area contributed by atoms with Gasteiger partial charge in [-0.15, -0.1) is 0 Å². The first kappa shape index (κ1) is 17.9. The number of aromatic carboxylic acids is 1. The predicted octanol–water partition coefficient (Wildman–Crippen LogP) is 2.11. The summed E-state index contributed by atoms with van der Waals surface area (Å²) in [6.07, 6.45) is 0.288. The lowest BCUT2D eigenvalue weighted by Crippen LogP contribution is -2.26. The fourth-order valence-corrected chi connectivity index (χ4v) is 2.19. The van der Waals surface area contributed by atoms with Gasteiger partial charge in [-0.2, -0.15) is 0 Å². The van der Waals surface area contributed by atoms with Gasteiger partial charge in [-0.05, 0) is 24.1 Å². The molecule has 2 aromatic carbocycles. The molecular formula is C16H13FN2O6. The number of carbonyl (C=O) groups is 2. The minimum atomic E-state index is -1.56. The van der Waals surface area contributed by atoms with Gasteiger partial charge in [-0.1, -0.05) is 12.1 Å². The molecule has 0 aliphatic carbocycles. The Morgan fingerprint density at radius 2 is 1.92 bits per heavy atom. The molecule has 0 unspecified atom stereocenters. The number of benzene rings is 2. The SMILES string of the molecule is O=C(O)c1cc([N+](=O)[O-])c(C(=O)NCCc2cccc(F)c2)cc1O. The topological polar surface area (TPSA) is 130 Å². The number of nitro groups is 1. The number of carboxylic acids is 1. The fourth-order valence-electron chi connectivity index (χ4n) is 2.19. The fraction of sp³-hybridized carbons (Fsp3) is 0.125. The van der Waals surface area contributed by atoms with E-state index in [0.717, 1.165) is 6.07 Å². The van der Waals surface area contributed by atoms with Gasteiger partial charge in [0.1, 0.15) is 22.7 Å². The van der Waals surface area contributed by atoms with Gasteiger partial charge in [-0.3, -0.25) is 14.9 Å². The number of nitro benzene ring substituents is 1. The highest BCUT2D eigenvalue weighted by Gasteiger charge is 2.25. The molecule has 0 radical (unpaired) electrons. The Bertz CT molecular complexity index is 853. The van der Waals surface area contributed by atoms with Gasteiger partial charge in [0.2, 0.25) is 0 Å². The lowest BCUT2D eigenvalue weighted by molar-refractivity contribution is -0.385. The summed E-state index contributed by atoms with van der Waals surface area (Å²) in [6.45, 7) is 0.0703. The number of carbonyl (C=O) groups excluding carboxylic acids is 1. The van der Waals surface area contributed by atoms with E-state index in [-0.39, 0.29) is 13.0 Å². The van der Waals surface area contributed by atoms with E-state index < -0.39 is 45.2 Å². The van der Waals surface area contributed by atoms with Crippen LogP contribution in [0.3, 0.4) is 0 Å². The highest BCUT2D eigenvalue weighted by molar-refractivity contribution is 6.01. The molecule has 2 aromatic rings. The van der Waals surface area contributed by atoms with Gasteiger partial charge >= 0.3 is 5.97 Å². The second kappa shape index (κ2) is 7.39. The maximum absolute atomic E-state index is 13.1. The van der Waals surface area contributed by atoms with Gasteiger partial charge in [0.15, 0.2) is 0 Å². The number of phenols is 1. The summed E-state index contributed by atoms with van der Waals surface area (Å²) < 4.78 is 13.1. The number of nitrogens with zero attached hydrogens (tertiary/aromatic N) is 1. The van der Waals surface area contributed by atoms with Crippen LogP contribution in [0.4, 0.5) is 10.1 Å². The first-order valence-corrected chi connectivity index (χ1v) is 7.07. The highest BCUT2D eigenvalue weighted by Crippen LogP contribution is 2.28. The molecule has 25 heavy (non-hydrogen) atoms. The van der Waals surface area contributed by atoms with E-state index in [2.05, 4.69) is 5.32 Å². The molecule has 0 spiro atoms. The van der Waals surface area contributed by atoms with E-state index in [0.29, 0.717) is 11.6 Å². The maximum atomic E-state index is 13.1. The summed E-state index contributed by atoms with van der Waals surface area (Å²) in [7, 11) is 0. The molecule has 0 heterocycles. The van der Waals surface area contributed by atoms with Gasteiger partial charge in [0, 0.05) is 18.7 Å². The molecule has 8 nitrogen and oxygen atoms in total. The zero-order chi connectivity index (χ0) is 18.6. The molecule has 0 bridgehead atoms. The van der Waals surface area contributed by atoms with Crippen molar-refractivity contribution in [2.45, 2.75) is 6.42 Å². The molecule has 0 atom stereocenters. The molecule has 2 rings (SSSR count). The van der Waals surface area contributed by atoms with E-state index in [1.165, 1.54) is 18.2 Å². The van der Waals surface area contributed by atoms with Crippen LogP contribution in [0.25, 0.3) is 0 Å². The molecule has 0 aliphatic rings. The summed E-state index contributed by atoms with van der Waals surface area (Å²) >= 11 is 0. The first-order valence-electron chi connectivity index (χ1n) is 7.07. The lowest BCUT2D eigenvalue weighted by atomic mass is 10.1. The average molecular weight is 348 g/mol. The molecule has 130 valence electrons. The number of amides is 1. The van der Waals surface area contributed by atoms with Gasteiger partial charge < -0.3 is 15.5 Å². The normalized spacial score (nSPS) is 10.3. The molecule has 0 aromatic heterocycles. The van der Waals surface area contributed by atoms with Crippen LogP contribution in [0.1, 0.15) is 26.3 Å². The number of aromatic hydroxyl groups is 1. The molecular weight excluding hydrogens is 335 g/mol. The first-order chi connectivity index (χ1) is 11.8. The Kier molecular flexibility index (Phi) is 5.28. The predicted molar refractivity (Wildman–Crippen MR) is 84.2 cm³/mol. The third kappa shape index (κ3) is 4.28. The van der Waals surface area contributed by atoms with E-state index in [4.69, 9.17) is 5.11 Å². The van der Waals surface area contributed by atoms with Crippen LogP contribution in [0.15, 0.2) is 36.4 Å². The van der Waals surface area contributed by atoms with Crippen molar-refractivity contribution < 1.29 is 29.1 Å². The quantitative estimate of drug-likeness (QED) is 0.541. The summed E-state index contributed by atoms with van der Waals surface area (Å²) in [6, 6.07) is 7.10. The van der Waals surface area contributed by atoms with Crippen molar-refractivity contribution in [2.75, 3.05) is 6.54 Å². The minimum absolute atomic E-state index is 0.0703. The lowest BCUT2D eigenvalue weighted by Gasteiger charge is -2.08. The van der Waals surface area contributed by atoms with Gasteiger partial charge in [-0.25, -0.2) is 9.18 Å². The maximum Gasteiger partial charge on any atom is 0.339 e. The third-order valence-electron chi connectivity index (χ3n) is 3.37. The average Bonchev–Trinajstić information content (AvgIpc) is 2.53. The Labute approximate surface area is 140 Å². The zero-order valence-electron chi connectivity index (χ0n) is 12.7. The van der Waals surface area contributed by atoms with Gasteiger partial charge in [0.25, 0.3) is 11.6 Å². The number of hydrogen-bond acceptors (Lipinski definition) is 5. The Morgan fingerprint density at radius 1 is 1.20 bits per heavy atom. The van der Waals surface area contributed by atoms with Crippen molar-refractivity contribution in [1.82, 2.24) is 5.32 Å². The molecule has 9 heteroatoms. The van der Waals surface area contributed by atoms with Crippen molar-refractivity contribution in [2.24, 2.45) is 0 Å². The van der Waals surface area contributed by atoms with Crippen LogP contribution >= 0.6 is 0 Å². The van der Waals surface area contributed by atoms with E-state index >= 15 is 0 Å². The Balaban J connectivity index is 2.16. The van der Waals surface area contributed by atoms with Crippen LogP contribution in [0.2, 0.25) is 0 Å². The number of rotatable bonds is 6. The van der Waals surface area contributed by atoms with Gasteiger partial charge in [0.05, 0.1) is 4.92 Å². The van der Waals surface area contributed by atoms with E-state index in [1.807, 2.05) is 0 Å². The third-order valence-corrected chi connectivity index (χ3v) is 3.37. The second-order valence-electron chi connectivity index (χ2n) is 5.08. The number of carboxylic acid groups (broad SMARTS) is 1.